The molecule has 0 aromatic heterocycles. The van der Waals surface area contributed by atoms with Crippen molar-refractivity contribution in [2.45, 2.75) is 25.2 Å². The van der Waals surface area contributed by atoms with Gasteiger partial charge < -0.3 is 10.1 Å². The molecule has 0 aliphatic heterocycles. The minimum absolute atomic E-state index is 0.0660. The smallest absolute Gasteiger partial charge is 0.235 e. The fourth-order valence-electron chi connectivity index (χ4n) is 3.54. The summed E-state index contributed by atoms with van der Waals surface area (Å²) in [6.45, 7) is 6.21. The molecule has 3 aromatic carbocycles. The number of anilines is 1. The third-order valence-electron chi connectivity index (χ3n) is 5.28. The molecule has 3 heteroatoms. The summed E-state index contributed by atoms with van der Waals surface area (Å²) in [6.07, 6.45) is 3.50. The van der Waals surface area contributed by atoms with Gasteiger partial charge in [0.1, 0.15) is 12.4 Å². The van der Waals surface area contributed by atoms with Gasteiger partial charge in [-0.05, 0) is 37.5 Å². The van der Waals surface area contributed by atoms with E-state index < -0.39 is 5.41 Å². The van der Waals surface area contributed by atoms with E-state index in [1.54, 1.807) is 6.08 Å². The van der Waals surface area contributed by atoms with Crippen molar-refractivity contribution in [1.29, 1.82) is 0 Å². The van der Waals surface area contributed by atoms with Gasteiger partial charge in [-0.25, -0.2) is 0 Å². The molecule has 1 fully saturated rings. The van der Waals surface area contributed by atoms with Crippen LogP contribution < -0.4 is 10.1 Å². The highest BCUT2D eigenvalue weighted by Gasteiger charge is 2.51. The number of ether oxygens (including phenoxy) is 1. The molecule has 0 bridgehead atoms. The van der Waals surface area contributed by atoms with E-state index in [0.29, 0.717) is 6.61 Å². The van der Waals surface area contributed by atoms with Crippen molar-refractivity contribution in [3.63, 3.8) is 0 Å². The van der Waals surface area contributed by atoms with Crippen LogP contribution in [0, 0.1) is 6.92 Å². The summed E-state index contributed by atoms with van der Waals surface area (Å²) in [5, 5.41) is 5.13. The van der Waals surface area contributed by atoms with Crippen molar-refractivity contribution in [3.8, 4) is 5.75 Å². The average Bonchev–Trinajstić information content (AvgIpc) is 3.50. The molecule has 1 amide bonds. The molecule has 136 valence electrons. The van der Waals surface area contributed by atoms with Crippen LogP contribution in [-0.4, -0.2) is 12.5 Å². The highest BCUT2D eigenvalue weighted by molar-refractivity contribution is 6.08. The van der Waals surface area contributed by atoms with Crippen LogP contribution >= 0.6 is 0 Å². The molecule has 0 spiro atoms. The Morgan fingerprint density at radius 2 is 1.78 bits per heavy atom. The van der Waals surface area contributed by atoms with Crippen molar-refractivity contribution in [1.82, 2.24) is 0 Å². The molecule has 0 heterocycles. The van der Waals surface area contributed by atoms with Crippen LogP contribution in [0.2, 0.25) is 0 Å². The third kappa shape index (κ3) is 3.21. The summed E-state index contributed by atoms with van der Waals surface area (Å²) in [6, 6.07) is 20.1. The summed E-state index contributed by atoms with van der Waals surface area (Å²) in [7, 11) is 0. The zero-order valence-corrected chi connectivity index (χ0v) is 15.5. The number of rotatable bonds is 6. The monoisotopic (exact) mass is 357 g/mol. The second-order valence-electron chi connectivity index (χ2n) is 7.16. The third-order valence-corrected chi connectivity index (χ3v) is 5.28. The second-order valence-corrected chi connectivity index (χ2v) is 7.16. The van der Waals surface area contributed by atoms with Crippen molar-refractivity contribution in [2.75, 3.05) is 11.9 Å². The summed E-state index contributed by atoms with van der Waals surface area (Å²) < 4.78 is 5.76. The molecule has 27 heavy (non-hydrogen) atoms. The second kappa shape index (κ2) is 6.92. The Balaban J connectivity index is 1.65. The molecule has 4 rings (SSSR count). The first-order valence-electron chi connectivity index (χ1n) is 9.28. The number of amides is 1. The molecular weight excluding hydrogens is 334 g/mol. The molecule has 0 radical (unpaired) electrons. The van der Waals surface area contributed by atoms with Gasteiger partial charge in [-0.1, -0.05) is 66.7 Å². The number of aryl methyl sites for hydroxylation is 1. The molecule has 1 aliphatic rings. The normalized spacial score (nSPS) is 14.6. The van der Waals surface area contributed by atoms with Crippen LogP contribution in [0.3, 0.4) is 0 Å². The molecule has 3 aromatic rings. The van der Waals surface area contributed by atoms with Gasteiger partial charge in [0.2, 0.25) is 5.91 Å². The average molecular weight is 357 g/mol. The first kappa shape index (κ1) is 17.3. The Labute approximate surface area is 159 Å². The minimum Gasteiger partial charge on any atom is -0.489 e. The molecular formula is C24H23NO2. The number of nitrogens with one attached hydrogen (secondary N) is 1. The lowest BCUT2D eigenvalue weighted by Crippen LogP contribution is -2.27. The van der Waals surface area contributed by atoms with Gasteiger partial charge >= 0.3 is 0 Å². The van der Waals surface area contributed by atoms with E-state index in [1.165, 1.54) is 5.56 Å². The topological polar surface area (TPSA) is 38.3 Å². The van der Waals surface area contributed by atoms with Gasteiger partial charge in [0, 0.05) is 16.5 Å². The SMILES string of the molecule is C=CCOc1ccc(NC(=O)C2(c3ccc(C)cc3)CC2)c2ccccc12. The zero-order valence-electron chi connectivity index (χ0n) is 15.5. The van der Waals surface area contributed by atoms with E-state index >= 15 is 0 Å². The number of carbonyl (C=O) groups is 1. The predicted octanol–water partition coefficient (Wildman–Crippen LogP) is 5.38. The van der Waals surface area contributed by atoms with Crippen LogP contribution in [0.25, 0.3) is 10.8 Å². The van der Waals surface area contributed by atoms with Crippen LogP contribution in [0.1, 0.15) is 24.0 Å². The standard InChI is InChI=1S/C24H23NO2/c1-3-16-27-22-13-12-21(19-6-4-5-7-20(19)22)25-23(26)24(14-15-24)18-10-8-17(2)9-11-18/h3-13H,1,14-16H2,2H3,(H,25,26). The fraction of sp³-hybridized carbons (Fsp3) is 0.208. The first-order chi connectivity index (χ1) is 13.1. The van der Waals surface area contributed by atoms with Crippen molar-refractivity contribution < 1.29 is 9.53 Å². The molecule has 0 saturated heterocycles. The van der Waals surface area contributed by atoms with Crippen LogP contribution in [0.15, 0.2) is 73.3 Å². The van der Waals surface area contributed by atoms with Crippen molar-refractivity contribution in [3.05, 3.63) is 84.4 Å². The highest BCUT2D eigenvalue weighted by Crippen LogP contribution is 2.49. The first-order valence-corrected chi connectivity index (χ1v) is 9.28. The lowest BCUT2D eigenvalue weighted by atomic mass is 9.94. The lowest BCUT2D eigenvalue weighted by molar-refractivity contribution is -0.118. The maximum atomic E-state index is 13.1. The summed E-state index contributed by atoms with van der Waals surface area (Å²) in [5.41, 5.74) is 2.73. The number of carbonyl (C=O) groups excluding carboxylic acids is 1. The van der Waals surface area contributed by atoms with Gasteiger partial charge in [0.25, 0.3) is 0 Å². The lowest BCUT2D eigenvalue weighted by Gasteiger charge is -2.18. The summed E-state index contributed by atoms with van der Waals surface area (Å²) >= 11 is 0. The number of benzene rings is 3. The largest absolute Gasteiger partial charge is 0.489 e. The van der Waals surface area contributed by atoms with Gasteiger partial charge in [0.05, 0.1) is 5.41 Å². The van der Waals surface area contributed by atoms with Gasteiger partial charge in [0.15, 0.2) is 0 Å². The maximum Gasteiger partial charge on any atom is 0.235 e. The Morgan fingerprint density at radius 1 is 1.07 bits per heavy atom. The van der Waals surface area contributed by atoms with Crippen LogP contribution in [0.4, 0.5) is 5.69 Å². The van der Waals surface area contributed by atoms with Crippen LogP contribution in [0.5, 0.6) is 5.75 Å². The molecule has 0 atom stereocenters. The van der Waals surface area contributed by atoms with Gasteiger partial charge in [-0.2, -0.15) is 0 Å². The van der Waals surface area contributed by atoms with E-state index in [9.17, 15) is 4.79 Å². The van der Waals surface area contributed by atoms with Crippen LogP contribution in [-0.2, 0) is 10.2 Å². The predicted molar refractivity (Wildman–Crippen MR) is 110 cm³/mol. The number of fused-ring (bicyclic) bond motifs is 1. The number of hydrogen-bond acceptors (Lipinski definition) is 2. The van der Waals surface area contributed by atoms with Gasteiger partial charge in [-0.15, -0.1) is 0 Å². The van der Waals surface area contributed by atoms with E-state index in [-0.39, 0.29) is 5.91 Å². The van der Waals surface area contributed by atoms with E-state index in [0.717, 1.165) is 40.6 Å². The number of hydrogen-bond donors (Lipinski definition) is 1. The van der Waals surface area contributed by atoms with Crippen molar-refractivity contribution in [2.24, 2.45) is 0 Å². The maximum absolute atomic E-state index is 13.1. The highest BCUT2D eigenvalue weighted by atomic mass is 16.5. The molecule has 0 unspecified atom stereocenters. The Hall–Kier alpha value is -3.07. The van der Waals surface area contributed by atoms with E-state index in [2.05, 4.69) is 43.1 Å². The molecule has 1 saturated carbocycles. The molecule has 1 N–H and O–H groups in total. The van der Waals surface area contributed by atoms with Crippen molar-refractivity contribution >= 4 is 22.4 Å². The Morgan fingerprint density at radius 3 is 2.44 bits per heavy atom. The molecule has 1 aliphatic carbocycles. The molecule has 3 nitrogen and oxygen atoms in total. The zero-order chi connectivity index (χ0) is 18.9. The Kier molecular flexibility index (Phi) is 4.44. The quantitative estimate of drug-likeness (QED) is 0.601. The summed E-state index contributed by atoms with van der Waals surface area (Å²) in [5.74, 6) is 0.861. The van der Waals surface area contributed by atoms with Gasteiger partial charge in [-0.3, -0.25) is 4.79 Å². The van der Waals surface area contributed by atoms with E-state index in [1.807, 2.05) is 36.4 Å². The minimum atomic E-state index is -0.396. The Bertz CT molecular complexity index is 1000. The van der Waals surface area contributed by atoms with E-state index in [4.69, 9.17) is 4.74 Å². The fourth-order valence-corrected chi connectivity index (χ4v) is 3.54. The summed E-state index contributed by atoms with van der Waals surface area (Å²) in [4.78, 5) is 13.1.